The first-order valence-corrected chi connectivity index (χ1v) is 2.88. The van der Waals surface area contributed by atoms with Crippen molar-refractivity contribution in [1.29, 1.82) is 0 Å². The molecule has 0 unspecified atom stereocenters. The van der Waals surface area contributed by atoms with Gasteiger partial charge in [0.25, 0.3) is 0 Å². The predicted octanol–water partition coefficient (Wildman–Crippen LogP) is 0.121. The van der Waals surface area contributed by atoms with E-state index in [1.54, 1.807) is 6.92 Å². The Morgan fingerprint density at radius 2 is 2.00 bits per heavy atom. The minimum atomic E-state index is -1.26. The van der Waals surface area contributed by atoms with Crippen LogP contribution < -0.4 is 0 Å². The van der Waals surface area contributed by atoms with Gasteiger partial charge in [-0.25, -0.2) is 4.79 Å². The molecule has 0 aromatic carbocycles. The molecule has 1 N–H and O–H groups in total. The Morgan fingerprint density at radius 1 is 1.50 bits per heavy atom. The van der Waals surface area contributed by atoms with Gasteiger partial charge in [-0.2, -0.15) is 0 Å². The summed E-state index contributed by atoms with van der Waals surface area (Å²) in [6.45, 7) is 3.18. The monoisotopic (exact) mass is 143 g/mol. The van der Waals surface area contributed by atoms with Crippen LogP contribution in [0.3, 0.4) is 0 Å². The Balaban J connectivity index is 4.42. The summed E-state index contributed by atoms with van der Waals surface area (Å²) in [5, 5.41) is 8.32. The summed E-state index contributed by atoms with van der Waals surface area (Å²) in [5.74, 6) is -1.76. The number of nitrogens with zero attached hydrogens (tertiary/aromatic N) is 1. The van der Waals surface area contributed by atoms with E-state index >= 15 is 0 Å². The number of aliphatic imine (C=N–C) groups is 1. The molecule has 0 aliphatic carbocycles. The summed E-state index contributed by atoms with van der Waals surface area (Å²) >= 11 is 0. The van der Waals surface area contributed by atoms with E-state index in [-0.39, 0.29) is 5.71 Å². The zero-order chi connectivity index (χ0) is 8.15. The molecule has 4 nitrogen and oxygen atoms in total. The van der Waals surface area contributed by atoms with E-state index < -0.39 is 11.8 Å². The number of hydrogen-bond acceptors (Lipinski definition) is 3. The lowest BCUT2D eigenvalue weighted by Crippen LogP contribution is -2.21. The molecule has 0 saturated heterocycles. The number of carboxylic acids is 1. The van der Waals surface area contributed by atoms with Crippen LogP contribution in [0.15, 0.2) is 4.99 Å². The molecule has 0 radical (unpaired) electrons. The normalized spacial score (nSPS) is 11.2. The van der Waals surface area contributed by atoms with Gasteiger partial charge in [-0.1, -0.05) is 0 Å². The second-order valence-corrected chi connectivity index (χ2v) is 1.68. The van der Waals surface area contributed by atoms with Crippen LogP contribution in [0.5, 0.6) is 0 Å². The summed E-state index contributed by atoms with van der Waals surface area (Å²) in [7, 11) is 0. The molecule has 0 saturated carbocycles. The summed E-state index contributed by atoms with van der Waals surface area (Å²) < 4.78 is 0. The molecule has 0 aromatic heterocycles. The smallest absolute Gasteiger partial charge is 0.357 e. The van der Waals surface area contributed by atoms with Crippen molar-refractivity contribution < 1.29 is 14.7 Å². The fourth-order valence-corrected chi connectivity index (χ4v) is 0.488. The van der Waals surface area contributed by atoms with Crippen LogP contribution in [0.1, 0.15) is 13.8 Å². The van der Waals surface area contributed by atoms with Crippen molar-refractivity contribution in [2.24, 2.45) is 4.99 Å². The SMILES string of the molecule is CCN=C(C(C)=O)C(=O)O. The molecule has 0 spiro atoms. The van der Waals surface area contributed by atoms with E-state index in [1.807, 2.05) is 0 Å². The second-order valence-electron chi connectivity index (χ2n) is 1.68. The number of carbonyl (C=O) groups excluding carboxylic acids is 1. The Morgan fingerprint density at radius 3 is 2.10 bits per heavy atom. The van der Waals surface area contributed by atoms with Crippen LogP contribution >= 0.6 is 0 Å². The van der Waals surface area contributed by atoms with E-state index in [2.05, 4.69) is 4.99 Å². The number of rotatable bonds is 3. The van der Waals surface area contributed by atoms with Gasteiger partial charge in [0.1, 0.15) is 0 Å². The van der Waals surface area contributed by atoms with E-state index in [9.17, 15) is 9.59 Å². The van der Waals surface area contributed by atoms with Gasteiger partial charge in [0.2, 0.25) is 0 Å². The van der Waals surface area contributed by atoms with Crippen LogP contribution in [-0.2, 0) is 9.59 Å². The van der Waals surface area contributed by atoms with Crippen molar-refractivity contribution in [1.82, 2.24) is 0 Å². The highest BCUT2D eigenvalue weighted by Crippen LogP contribution is 1.82. The first-order chi connectivity index (χ1) is 4.59. The molecular weight excluding hydrogens is 134 g/mol. The lowest BCUT2D eigenvalue weighted by atomic mass is 10.3. The molecule has 0 amide bonds. The molecule has 0 aliphatic rings. The number of aliphatic carboxylic acids is 1. The molecule has 0 rings (SSSR count). The zero-order valence-corrected chi connectivity index (χ0v) is 5.92. The van der Waals surface area contributed by atoms with E-state index in [0.29, 0.717) is 6.54 Å². The van der Waals surface area contributed by atoms with Gasteiger partial charge in [0.05, 0.1) is 0 Å². The van der Waals surface area contributed by atoms with Crippen LogP contribution in [0, 0.1) is 0 Å². The number of Topliss-reactive ketones (excluding diaryl/α,β-unsaturated/α-hetero) is 1. The van der Waals surface area contributed by atoms with Gasteiger partial charge in [0, 0.05) is 13.5 Å². The highest BCUT2D eigenvalue weighted by Gasteiger charge is 2.12. The number of ketones is 1. The minimum absolute atomic E-state index is 0.321. The van der Waals surface area contributed by atoms with Crippen molar-refractivity contribution in [2.45, 2.75) is 13.8 Å². The average molecular weight is 143 g/mol. The molecule has 0 heterocycles. The van der Waals surface area contributed by atoms with Crippen molar-refractivity contribution >= 4 is 17.5 Å². The van der Waals surface area contributed by atoms with Gasteiger partial charge in [-0.3, -0.25) is 9.79 Å². The lowest BCUT2D eigenvalue weighted by molar-refractivity contribution is -0.130. The van der Waals surface area contributed by atoms with Gasteiger partial charge in [-0.15, -0.1) is 0 Å². The highest BCUT2D eigenvalue weighted by molar-refractivity contribution is 6.63. The Bertz CT molecular complexity index is 167. The van der Waals surface area contributed by atoms with Gasteiger partial charge < -0.3 is 5.11 Å². The predicted molar refractivity (Wildman–Crippen MR) is 36.3 cm³/mol. The molecule has 10 heavy (non-hydrogen) atoms. The Labute approximate surface area is 58.6 Å². The van der Waals surface area contributed by atoms with Crippen LogP contribution in [0.4, 0.5) is 0 Å². The number of carboxylic acid groups (broad SMARTS) is 1. The van der Waals surface area contributed by atoms with Crippen LogP contribution in [0.2, 0.25) is 0 Å². The Kier molecular flexibility index (Phi) is 3.32. The third kappa shape index (κ3) is 2.39. The minimum Gasteiger partial charge on any atom is -0.476 e. The molecule has 56 valence electrons. The number of carbonyl (C=O) groups is 2. The first kappa shape index (κ1) is 8.81. The topological polar surface area (TPSA) is 66.7 Å². The first-order valence-electron chi connectivity index (χ1n) is 2.88. The van der Waals surface area contributed by atoms with Crippen molar-refractivity contribution in [3.8, 4) is 0 Å². The highest BCUT2D eigenvalue weighted by atomic mass is 16.4. The number of hydrogen-bond donors (Lipinski definition) is 1. The quantitative estimate of drug-likeness (QED) is 0.450. The largest absolute Gasteiger partial charge is 0.476 e. The maximum atomic E-state index is 10.5. The Hall–Kier alpha value is -1.19. The van der Waals surface area contributed by atoms with Crippen molar-refractivity contribution in [2.75, 3.05) is 6.54 Å². The van der Waals surface area contributed by atoms with E-state index in [1.165, 1.54) is 6.92 Å². The van der Waals surface area contributed by atoms with E-state index in [0.717, 1.165) is 0 Å². The molecule has 0 atom stereocenters. The molecule has 4 heteroatoms. The van der Waals surface area contributed by atoms with Crippen molar-refractivity contribution in [3.05, 3.63) is 0 Å². The summed E-state index contributed by atoms with van der Waals surface area (Å²) in [5.41, 5.74) is -0.373. The van der Waals surface area contributed by atoms with Gasteiger partial charge >= 0.3 is 5.97 Å². The lowest BCUT2D eigenvalue weighted by Gasteiger charge is -1.92. The summed E-state index contributed by atoms with van der Waals surface area (Å²) in [6.07, 6.45) is 0. The standard InChI is InChI=1S/C6H9NO3/c1-3-7-5(4(2)8)6(9)10/h3H2,1-2H3,(H,9,10). The maximum Gasteiger partial charge on any atom is 0.357 e. The fourth-order valence-electron chi connectivity index (χ4n) is 0.488. The molecule has 0 aromatic rings. The van der Waals surface area contributed by atoms with Gasteiger partial charge in [0.15, 0.2) is 11.5 Å². The third-order valence-corrected chi connectivity index (χ3v) is 0.852. The fraction of sp³-hybridized carbons (Fsp3) is 0.500. The summed E-state index contributed by atoms with van der Waals surface area (Å²) in [4.78, 5) is 24.1. The summed E-state index contributed by atoms with van der Waals surface area (Å²) in [6, 6.07) is 0. The zero-order valence-electron chi connectivity index (χ0n) is 5.92. The maximum absolute atomic E-state index is 10.5. The van der Waals surface area contributed by atoms with Crippen molar-refractivity contribution in [3.63, 3.8) is 0 Å². The van der Waals surface area contributed by atoms with Crippen LogP contribution in [-0.4, -0.2) is 29.1 Å². The molecule has 0 aliphatic heterocycles. The van der Waals surface area contributed by atoms with Crippen LogP contribution in [0.25, 0.3) is 0 Å². The average Bonchev–Trinajstić information content (AvgIpc) is 1.81. The van der Waals surface area contributed by atoms with Gasteiger partial charge in [-0.05, 0) is 6.92 Å². The van der Waals surface area contributed by atoms with E-state index in [4.69, 9.17) is 5.11 Å². The second kappa shape index (κ2) is 3.76. The third-order valence-electron chi connectivity index (χ3n) is 0.852. The molecular formula is C6H9NO3. The molecule has 0 bridgehead atoms. The molecule has 0 fully saturated rings.